The smallest absolute Gasteiger partial charge is 0.220 e. The van der Waals surface area contributed by atoms with E-state index in [0.29, 0.717) is 18.9 Å². The molecule has 3 rings (SSSR count). The lowest BCUT2D eigenvalue weighted by Crippen LogP contribution is -2.47. The molecule has 0 spiro atoms. The van der Waals surface area contributed by atoms with E-state index in [1.54, 1.807) is 0 Å². The van der Waals surface area contributed by atoms with Crippen molar-refractivity contribution in [3.8, 4) is 0 Å². The van der Waals surface area contributed by atoms with E-state index in [4.69, 9.17) is 4.74 Å². The second kappa shape index (κ2) is 9.19. The number of carbonyl (C=O) groups excluding carboxylic acids is 1. The van der Waals surface area contributed by atoms with Crippen LogP contribution >= 0.6 is 0 Å². The van der Waals surface area contributed by atoms with Crippen molar-refractivity contribution in [2.45, 2.75) is 51.2 Å². The van der Waals surface area contributed by atoms with E-state index in [1.807, 2.05) is 6.07 Å². The molecule has 1 aromatic rings. The van der Waals surface area contributed by atoms with Crippen LogP contribution in [-0.2, 0) is 16.1 Å². The van der Waals surface area contributed by atoms with Gasteiger partial charge in [-0.05, 0) is 24.3 Å². The van der Waals surface area contributed by atoms with Gasteiger partial charge in [0.05, 0.1) is 12.7 Å². The van der Waals surface area contributed by atoms with E-state index in [0.717, 1.165) is 26.2 Å². The summed E-state index contributed by atoms with van der Waals surface area (Å²) in [6.45, 7) is 4.18. The van der Waals surface area contributed by atoms with Crippen molar-refractivity contribution >= 4 is 5.91 Å². The predicted molar refractivity (Wildman–Crippen MR) is 95.7 cm³/mol. The Morgan fingerprint density at radius 2 is 1.96 bits per heavy atom. The Hall–Kier alpha value is -1.39. The van der Waals surface area contributed by atoms with Crippen LogP contribution in [0.4, 0.5) is 0 Å². The highest BCUT2D eigenvalue weighted by atomic mass is 16.5. The van der Waals surface area contributed by atoms with Crippen LogP contribution in [0.5, 0.6) is 0 Å². The van der Waals surface area contributed by atoms with E-state index in [-0.39, 0.29) is 12.0 Å². The highest BCUT2D eigenvalue weighted by Crippen LogP contribution is 2.26. The molecule has 0 bridgehead atoms. The third-order valence-electron chi connectivity index (χ3n) is 5.20. The van der Waals surface area contributed by atoms with Gasteiger partial charge in [-0.2, -0.15) is 0 Å². The zero-order valence-electron chi connectivity index (χ0n) is 14.6. The fraction of sp³-hybridized carbons (Fsp3) is 0.650. The normalized spacial score (nSPS) is 23.1. The summed E-state index contributed by atoms with van der Waals surface area (Å²) >= 11 is 0. The lowest BCUT2D eigenvalue weighted by molar-refractivity contribution is -0.123. The Labute approximate surface area is 145 Å². The molecule has 1 atom stereocenters. The number of ether oxygens (including phenoxy) is 1. The predicted octanol–water partition coefficient (Wildman–Crippen LogP) is 2.97. The van der Waals surface area contributed by atoms with Crippen LogP contribution in [0.3, 0.4) is 0 Å². The van der Waals surface area contributed by atoms with Crippen LogP contribution in [0.1, 0.15) is 44.1 Å². The fourth-order valence-electron chi connectivity index (χ4n) is 3.84. The van der Waals surface area contributed by atoms with E-state index in [2.05, 4.69) is 34.5 Å². The Balaban J connectivity index is 1.38. The SMILES string of the molecule is O=C(CC1CCCCC1)NCC1CN(Cc2ccccc2)CCO1. The highest BCUT2D eigenvalue weighted by Gasteiger charge is 2.22. The van der Waals surface area contributed by atoms with Crippen molar-refractivity contribution < 1.29 is 9.53 Å². The van der Waals surface area contributed by atoms with Crippen LogP contribution in [0.2, 0.25) is 0 Å². The van der Waals surface area contributed by atoms with Gasteiger partial charge in [-0.3, -0.25) is 9.69 Å². The molecule has 1 aliphatic heterocycles. The molecule has 4 nitrogen and oxygen atoms in total. The van der Waals surface area contributed by atoms with Gasteiger partial charge in [0.1, 0.15) is 0 Å². The molecule has 1 saturated heterocycles. The standard InChI is InChI=1S/C20H30N2O2/c23-20(13-17-7-3-1-4-8-17)21-14-19-16-22(11-12-24-19)15-18-9-5-2-6-10-18/h2,5-6,9-10,17,19H,1,3-4,7-8,11-16H2,(H,21,23). The first kappa shape index (κ1) is 17.4. The Morgan fingerprint density at radius 3 is 2.75 bits per heavy atom. The summed E-state index contributed by atoms with van der Waals surface area (Å²) in [5.41, 5.74) is 1.33. The summed E-state index contributed by atoms with van der Waals surface area (Å²) in [4.78, 5) is 14.6. The molecule has 1 unspecified atom stereocenters. The average molecular weight is 330 g/mol. The van der Waals surface area contributed by atoms with Gasteiger partial charge in [0.25, 0.3) is 0 Å². The molecule has 4 heteroatoms. The number of amides is 1. The molecule has 1 heterocycles. The summed E-state index contributed by atoms with van der Waals surface area (Å²) in [5, 5.41) is 3.09. The number of carbonyl (C=O) groups is 1. The van der Waals surface area contributed by atoms with Crippen LogP contribution in [0, 0.1) is 5.92 Å². The van der Waals surface area contributed by atoms with Gasteiger partial charge in [-0.1, -0.05) is 49.6 Å². The Bertz CT molecular complexity index is 500. The van der Waals surface area contributed by atoms with Gasteiger partial charge in [0, 0.05) is 32.6 Å². The van der Waals surface area contributed by atoms with Crippen molar-refractivity contribution in [3.63, 3.8) is 0 Å². The number of nitrogens with zero attached hydrogens (tertiary/aromatic N) is 1. The van der Waals surface area contributed by atoms with Crippen LogP contribution in [0.25, 0.3) is 0 Å². The highest BCUT2D eigenvalue weighted by molar-refractivity contribution is 5.76. The largest absolute Gasteiger partial charge is 0.374 e. The molecule has 0 aromatic heterocycles. The van der Waals surface area contributed by atoms with Gasteiger partial charge in [0.2, 0.25) is 5.91 Å². The average Bonchev–Trinajstić information content (AvgIpc) is 2.62. The van der Waals surface area contributed by atoms with E-state index >= 15 is 0 Å². The minimum absolute atomic E-state index is 0.109. The van der Waals surface area contributed by atoms with E-state index < -0.39 is 0 Å². The third kappa shape index (κ3) is 5.60. The van der Waals surface area contributed by atoms with Crippen molar-refractivity contribution in [1.29, 1.82) is 0 Å². The Morgan fingerprint density at radius 1 is 1.17 bits per heavy atom. The first-order chi connectivity index (χ1) is 11.8. The van der Waals surface area contributed by atoms with Crippen molar-refractivity contribution in [3.05, 3.63) is 35.9 Å². The maximum atomic E-state index is 12.1. The summed E-state index contributed by atoms with van der Waals surface area (Å²) in [6, 6.07) is 10.5. The Kier molecular flexibility index (Phi) is 6.67. The fourth-order valence-corrected chi connectivity index (χ4v) is 3.84. The molecule has 1 amide bonds. The molecular weight excluding hydrogens is 300 g/mol. The molecule has 2 fully saturated rings. The summed E-state index contributed by atoms with van der Waals surface area (Å²) in [7, 11) is 0. The number of morpholine rings is 1. The summed E-state index contributed by atoms with van der Waals surface area (Å²) < 4.78 is 5.83. The second-order valence-electron chi connectivity index (χ2n) is 7.23. The minimum Gasteiger partial charge on any atom is -0.374 e. The third-order valence-corrected chi connectivity index (χ3v) is 5.20. The molecule has 1 saturated carbocycles. The van der Waals surface area contributed by atoms with E-state index in [1.165, 1.54) is 37.7 Å². The first-order valence-corrected chi connectivity index (χ1v) is 9.44. The van der Waals surface area contributed by atoms with Crippen LogP contribution in [-0.4, -0.2) is 43.2 Å². The molecule has 0 radical (unpaired) electrons. The topological polar surface area (TPSA) is 41.6 Å². The van der Waals surface area contributed by atoms with Gasteiger partial charge >= 0.3 is 0 Å². The van der Waals surface area contributed by atoms with Gasteiger partial charge < -0.3 is 10.1 Å². The first-order valence-electron chi connectivity index (χ1n) is 9.44. The number of nitrogens with one attached hydrogen (secondary N) is 1. The molecule has 1 aliphatic carbocycles. The molecule has 132 valence electrons. The quantitative estimate of drug-likeness (QED) is 0.872. The van der Waals surface area contributed by atoms with Gasteiger partial charge in [0.15, 0.2) is 0 Å². The van der Waals surface area contributed by atoms with Gasteiger partial charge in [-0.25, -0.2) is 0 Å². The zero-order valence-corrected chi connectivity index (χ0v) is 14.6. The van der Waals surface area contributed by atoms with Crippen molar-refractivity contribution in [2.75, 3.05) is 26.2 Å². The number of hydrogen-bond donors (Lipinski definition) is 1. The number of rotatable bonds is 6. The minimum atomic E-state index is 0.109. The van der Waals surface area contributed by atoms with Crippen LogP contribution in [0.15, 0.2) is 30.3 Å². The maximum absolute atomic E-state index is 12.1. The summed E-state index contributed by atoms with van der Waals surface area (Å²) in [5.74, 6) is 0.797. The maximum Gasteiger partial charge on any atom is 0.220 e. The second-order valence-corrected chi connectivity index (χ2v) is 7.23. The van der Waals surface area contributed by atoms with Crippen molar-refractivity contribution in [1.82, 2.24) is 10.2 Å². The zero-order chi connectivity index (χ0) is 16.6. The van der Waals surface area contributed by atoms with Crippen LogP contribution < -0.4 is 5.32 Å². The monoisotopic (exact) mass is 330 g/mol. The molecule has 2 aliphatic rings. The number of hydrogen-bond acceptors (Lipinski definition) is 3. The number of benzene rings is 1. The molecule has 1 aromatic carbocycles. The van der Waals surface area contributed by atoms with Crippen molar-refractivity contribution in [2.24, 2.45) is 5.92 Å². The van der Waals surface area contributed by atoms with Gasteiger partial charge in [-0.15, -0.1) is 0 Å². The molecule has 1 N–H and O–H groups in total. The summed E-state index contributed by atoms with van der Waals surface area (Å²) in [6.07, 6.45) is 7.16. The molecular formula is C20H30N2O2. The lowest BCUT2D eigenvalue weighted by atomic mass is 9.87. The lowest BCUT2D eigenvalue weighted by Gasteiger charge is -2.33. The molecule has 24 heavy (non-hydrogen) atoms. The van der Waals surface area contributed by atoms with E-state index in [9.17, 15) is 4.79 Å².